The van der Waals surface area contributed by atoms with Crippen LogP contribution in [0.1, 0.15) is 46.1 Å². The molecule has 1 aromatic carbocycles. The zero-order chi connectivity index (χ0) is 37.2. The maximum atomic E-state index is 13.0. The number of ketones is 2. The smallest absolute Gasteiger partial charge is 0.374 e. The second-order valence-electron chi connectivity index (χ2n) is 12.3. The van der Waals surface area contributed by atoms with Crippen molar-refractivity contribution in [2.75, 3.05) is 25.0 Å². The number of ether oxygens (including phenoxy) is 1. The van der Waals surface area contributed by atoms with Crippen molar-refractivity contribution in [1.82, 2.24) is 19.8 Å². The Kier molecular flexibility index (Phi) is 14.5. The van der Waals surface area contributed by atoms with Crippen LogP contribution in [-0.2, 0) is 41.9 Å². The van der Waals surface area contributed by atoms with E-state index in [1.807, 2.05) is 35.2 Å². The molecule has 0 bridgehead atoms. The van der Waals surface area contributed by atoms with Gasteiger partial charge in [0.25, 0.3) is 5.91 Å². The summed E-state index contributed by atoms with van der Waals surface area (Å²) in [5.41, 5.74) is 5.68. The number of rotatable bonds is 12. The number of Topliss-reactive ketones (excluding diaryl/α,β-unsaturated/α-hetero) is 2. The fourth-order valence-electron chi connectivity index (χ4n) is 4.45. The second kappa shape index (κ2) is 17.4. The lowest BCUT2D eigenvalue weighted by Gasteiger charge is -2.34. The molecule has 1 atom stereocenters. The van der Waals surface area contributed by atoms with Gasteiger partial charge in [0, 0.05) is 19.3 Å². The van der Waals surface area contributed by atoms with E-state index in [-0.39, 0.29) is 31.5 Å². The van der Waals surface area contributed by atoms with Gasteiger partial charge in [-0.05, 0) is 44.1 Å². The Morgan fingerprint density at radius 2 is 1.51 bits per heavy atom. The summed E-state index contributed by atoms with van der Waals surface area (Å²) in [6, 6.07) is 8.55. The standard InChI is InChI=1S/C27H40N6O4.C4F6O2/c1-19(2)21-10-12-33(13-11-21)24(34)15-32-14-23(29-18-32)31-25(35)22(30-26(36)27(3,4)28)17-37-16-20-8-6-5-7-9-20;5-3(6,7)1(11)2(12)4(8,9)10/h5-9,14,18-19,21-22H,10-13,15-17,28H2,1-4H3,(H,30,36)(H,31,35);/t22-;/m1./s1. The third-order valence-electron chi connectivity index (χ3n) is 7.36. The summed E-state index contributed by atoms with van der Waals surface area (Å²) < 4.78 is 74.3. The fourth-order valence-corrected chi connectivity index (χ4v) is 4.45. The molecule has 0 radical (unpaired) electrons. The quantitative estimate of drug-likeness (QED) is 0.223. The van der Waals surface area contributed by atoms with Crippen LogP contribution in [0.25, 0.3) is 0 Å². The van der Waals surface area contributed by atoms with Gasteiger partial charge in [-0.15, -0.1) is 0 Å². The number of anilines is 1. The lowest BCUT2D eigenvalue weighted by molar-refractivity contribution is -0.193. The summed E-state index contributed by atoms with van der Waals surface area (Å²) in [5.74, 6) is -6.18. The third kappa shape index (κ3) is 13.6. The van der Waals surface area contributed by atoms with Crippen molar-refractivity contribution in [3.05, 3.63) is 48.4 Å². The minimum absolute atomic E-state index is 0.0297. The van der Waals surface area contributed by atoms with E-state index >= 15 is 0 Å². The van der Waals surface area contributed by atoms with E-state index in [0.29, 0.717) is 11.8 Å². The Morgan fingerprint density at radius 1 is 0.959 bits per heavy atom. The van der Waals surface area contributed by atoms with Gasteiger partial charge in [0.05, 0.1) is 25.1 Å². The lowest BCUT2D eigenvalue weighted by atomic mass is 9.87. The fraction of sp³-hybridized carbons (Fsp3) is 0.548. The number of nitrogens with zero attached hydrogens (tertiary/aromatic N) is 3. The van der Waals surface area contributed by atoms with E-state index in [9.17, 15) is 50.3 Å². The number of nitrogens with two attached hydrogens (primary N) is 1. The molecule has 0 spiro atoms. The van der Waals surface area contributed by atoms with Crippen molar-refractivity contribution in [3.63, 3.8) is 0 Å². The first-order valence-electron chi connectivity index (χ1n) is 15.1. The maximum absolute atomic E-state index is 13.0. The molecule has 49 heavy (non-hydrogen) atoms. The maximum Gasteiger partial charge on any atom is 0.458 e. The second-order valence-corrected chi connectivity index (χ2v) is 12.3. The Bertz CT molecular complexity index is 1410. The molecule has 1 aliphatic rings. The number of alkyl halides is 6. The van der Waals surface area contributed by atoms with E-state index in [2.05, 4.69) is 29.5 Å². The van der Waals surface area contributed by atoms with Crippen LogP contribution in [-0.4, -0.2) is 87.4 Å². The average molecular weight is 707 g/mol. The summed E-state index contributed by atoms with van der Waals surface area (Å²) in [5, 5.41) is 5.37. The minimum Gasteiger partial charge on any atom is -0.374 e. The molecule has 0 saturated carbocycles. The predicted molar refractivity (Wildman–Crippen MR) is 163 cm³/mol. The van der Waals surface area contributed by atoms with Crippen molar-refractivity contribution in [2.24, 2.45) is 17.6 Å². The Labute approximate surface area is 278 Å². The van der Waals surface area contributed by atoms with E-state index in [4.69, 9.17) is 10.5 Å². The van der Waals surface area contributed by atoms with Crippen molar-refractivity contribution in [2.45, 2.75) is 77.6 Å². The number of aromatic nitrogens is 2. The Hall–Kier alpha value is -4.32. The predicted octanol–water partition coefficient (Wildman–Crippen LogP) is 3.40. The van der Waals surface area contributed by atoms with Gasteiger partial charge < -0.3 is 30.6 Å². The molecule has 0 aliphatic carbocycles. The zero-order valence-corrected chi connectivity index (χ0v) is 27.4. The van der Waals surface area contributed by atoms with E-state index in [1.54, 1.807) is 24.6 Å². The number of imidazole rings is 1. The van der Waals surface area contributed by atoms with Gasteiger partial charge in [-0.2, -0.15) is 26.3 Å². The van der Waals surface area contributed by atoms with Crippen LogP contribution in [0.5, 0.6) is 0 Å². The number of carbonyl (C=O) groups excluding carboxylic acids is 5. The number of hydrogen-bond acceptors (Lipinski definition) is 8. The van der Waals surface area contributed by atoms with Crippen molar-refractivity contribution >= 4 is 35.1 Å². The van der Waals surface area contributed by atoms with Gasteiger partial charge in [-0.25, -0.2) is 4.98 Å². The molecule has 3 amide bonds. The van der Waals surface area contributed by atoms with Gasteiger partial charge >= 0.3 is 23.9 Å². The van der Waals surface area contributed by atoms with Gasteiger partial charge in [0.1, 0.15) is 12.6 Å². The number of halogens is 6. The molecular formula is C31H40F6N6O6. The summed E-state index contributed by atoms with van der Waals surface area (Å²) in [4.78, 5) is 63.6. The van der Waals surface area contributed by atoms with Crippen LogP contribution in [0.15, 0.2) is 42.9 Å². The molecule has 0 unspecified atom stereocenters. The van der Waals surface area contributed by atoms with Gasteiger partial charge in [0.2, 0.25) is 11.8 Å². The number of benzene rings is 1. The van der Waals surface area contributed by atoms with E-state index in [0.717, 1.165) is 31.5 Å². The van der Waals surface area contributed by atoms with Crippen molar-refractivity contribution < 1.29 is 55.1 Å². The molecule has 2 aromatic rings. The summed E-state index contributed by atoms with van der Waals surface area (Å²) in [7, 11) is 0. The minimum atomic E-state index is -5.77. The molecule has 1 saturated heterocycles. The van der Waals surface area contributed by atoms with E-state index < -0.39 is 47.3 Å². The largest absolute Gasteiger partial charge is 0.458 e. The topological polar surface area (TPSA) is 166 Å². The molecule has 1 fully saturated rings. The number of carbonyl (C=O) groups is 5. The molecule has 4 N–H and O–H groups in total. The molecule has 272 valence electrons. The normalized spacial score (nSPS) is 14.8. The third-order valence-corrected chi connectivity index (χ3v) is 7.36. The monoisotopic (exact) mass is 706 g/mol. The molecule has 1 aliphatic heterocycles. The van der Waals surface area contributed by atoms with Crippen molar-refractivity contribution in [3.8, 4) is 0 Å². The van der Waals surface area contributed by atoms with E-state index in [1.165, 1.54) is 6.33 Å². The number of hydrogen-bond donors (Lipinski definition) is 3. The summed E-state index contributed by atoms with van der Waals surface area (Å²) in [6.07, 6.45) is -6.38. The number of likely N-dealkylation sites (tertiary alicyclic amines) is 1. The van der Waals surface area contributed by atoms with Gasteiger partial charge in [-0.3, -0.25) is 24.0 Å². The van der Waals surface area contributed by atoms with Crippen LogP contribution in [0.3, 0.4) is 0 Å². The molecule has 2 heterocycles. The van der Waals surface area contributed by atoms with Crippen LogP contribution < -0.4 is 16.4 Å². The SMILES string of the molecule is CC(C)C1CCN(C(=O)Cn2cnc(NC(=O)[C@@H](COCc3ccccc3)NC(=O)C(C)(C)N)c2)CC1.O=C(C(=O)C(F)(F)F)C(F)(F)F. The number of piperidine rings is 1. The van der Waals surface area contributed by atoms with Crippen LogP contribution in [0.2, 0.25) is 0 Å². The summed E-state index contributed by atoms with van der Waals surface area (Å²) >= 11 is 0. The first-order chi connectivity index (χ1) is 22.6. The van der Waals surface area contributed by atoms with Crippen LogP contribution in [0.4, 0.5) is 32.2 Å². The molecular weight excluding hydrogens is 666 g/mol. The Balaban J connectivity index is 0.000000591. The van der Waals surface area contributed by atoms with Crippen LogP contribution in [0, 0.1) is 11.8 Å². The highest BCUT2D eigenvalue weighted by atomic mass is 19.4. The Morgan fingerprint density at radius 3 is 2.00 bits per heavy atom. The highest BCUT2D eigenvalue weighted by Crippen LogP contribution is 2.25. The van der Waals surface area contributed by atoms with Gasteiger partial charge in [-0.1, -0.05) is 44.2 Å². The highest BCUT2D eigenvalue weighted by Gasteiger charge is 2.54. The zero-order valence-electron chi connectivity index (χ0n) is 27.4. The highest BCUT2D eigenvalue weighted by molar-refractivity contribution is 6.41. The first-order valence-corrected chi connectivity index (χ1v) is 15.1. The summed E-state index contributed by atoms with van der Waals surface area (Å²) in [6.45, 7) is 9.50. The van der Waals surface area contributed by atoms with Crippen LogP contribution >= 0.6 is 0 Å². The molecule has 1 aromatic heterocycles. The first kappa shape index (κ1) is 40.9. The lowest BCUT2D eigenvalue weighted by Crippen LogP contribution is -2.56. The number of nitrogens with one attached hydrogen (secondary N) is 2. The molecule has 12 nitrogen and oxygen atoms in total. The van der Waals surface area contributed by atoms with Gasteiger partial charge in [0.15, 0.2) is 5.82 Å². The average Bonchev–Trinajstić information content (AvgIpc) is 3.45. The van der Waals surface area contributed by atoms with Crippen molar-refractivity contribution in [1.29, 1.82) is 0 Å². The number of amides is 3. The molecule has 3 rings (SSSR count). The molecule has 18 heteroatoms.